The Bertz CT molecular complexity index is 1040. The van der Waals surface area contributed by atoms with Gasteiger partial charge < -0.3 is 4.42 Å². The lowest BCUT2D eigenvalue weighted by atomic mass is 10.0. The molecular formula is C17H21N3O5S2. The van der Waals surface area contributed by atoms with Crippen LogP contribution >= 0.6 is 0 Å². The molecule has 0 fully saturated rings. The van der Waals surface area contributed by atoms with Crippen LogP contribution in [-0.4, -0.2) is 38.5 Å². The van der Waals surface area contributed by atoms with Gasteiger partial charge in [0.15, 0.2) is 0 Å². The van der Waals surface area contributed by atoms with E-state index >= 15 is 0 Å². The van der Waals surface area contributed by atoms with Gasteiger partial charge in [-0.15, -0.1) is 0 Å². The van der Waals surface area contributed by atoms with E-state index in [-0.39, 0.29) is 11.5 Å². The van der Waals surface area contributed by atoms with Gasteiger partial charge in [-0.3, -0.25) is 4.72 Å². The number of furan rings is 1. The predicted octanol–water partition coefficient (Wildman–Crippen LogP) is 2.54. The summed E-state index contributed by atoms with van der Waals surface area (Å²) in [5, 5.41) is 4.32. The van der Waals surface area contributed by atoms with E-state index in [1.807, 2.05) is 0 Å². The fraction of sp³-hybridized carbons (Fsp3) is 0.353. The van der Waals surface area contributed by atoms with Crippen LogP contribution in [0.3, 0.4) is 0 Å². The van der Waals surface area contributed by atoms with Gasteiger partial charge in [0.05, 0.1) is 23.5 Å². The molecule has 146 valence electrons. The van der Waals surface area contributed by atoms with E-state index in [4.69, 9.17) is 4.42 Å². The third kappa shape index (κ3) is 4.16. The van der Waals surface area contributed by atoms with Crippen LogP contribution in [0.25, 0.3) is 0 Å². The van der Waals surface area contributed by atoms with Crippen molar-refractivity contribution < 1.29 is 21.3 Å². The Balaban J connectivity index is 1.96. The molecule has 0 saturated carbocycles. The van der Waals surface area contributed by atoms with Crippen molar-refractivity contribution in [3.8, 4) is 0 Å². The minimum Gasteiger partial charge on any atom is -0.467 e. The van der Waals surface area contributed by atoms with Crippen molar-refractivity contribution in [2.24, 2.45) is 5.10 Å². The monoisotopic (exact) mass is 411 g/mol. The van der Waals surface area contributed by atoms with Gasteiger partial charge in [-0.05, 0) is 43.7 Å². The van der Waals surface area contributed by atoms with Gasteiger partial charge in [-0.25, -0.2) is 16.8 Å². The van der Waals surface area contributed by atoms with Crippen molar-refractivity contribution in [3.63, 3.8) is 0 Å². The quantitative estimate of drug-likeness (QED) is 0.753. The lowest BCUT2D eigenvalue weighted by Crippen LogP contribution is -2.28. The Labute approximate surface area is 159 Å². The summed E-state index contributed by atoms with van der Waals surface area (Å²) in [6.07, 6.45) is 1.82. The van der Waals surface area contributed by atoms with Gasteiger partial charge in [-0.1, -0.05) is 12.1 Å². The third-order valence-corrected chi connectivity index (χ3v) is 7.19. The number of hydrazone groups is 1. The van der Waals surface area contributed by atoms with Crippen molar-refractivity contribution in [1.29, 1.82) is 0 Å². The van der Waals surface area contributed by atoms with Crippen LogP contribution in [0.15, 0.2) is 52.2 Å². The van der Waals surface area contributed by atoms with Crippen LogP contribution in [-0.2, 0) is 20.0 Å². The highest BCUT2D eigenvalue weighted by Gasteiger charge is 2.37. The summed E-state index contributed by atoms with van der Waals surface area (Å²) in [5.74, 6) is 0.382. The van der Waals surface area contributed by atoms with E-state index < -0.39 is 26.1 Å². The Morgan fingerprint density at radius 3 is 2.56 bits per heavy atom. The fourth-order valence-electron chi connectivity index (χ4n) is 2.76. The van der Waals surface area contributed by atoms with Gasteiger partial charge in [0.2, 0.25) is 20.0 Å². The normalized spacial score (nSPS) is 17.8. The average molecular weight is 412 g/mol. The van der Waals surface area contributed by atoms with Gasteiger partial charge >= 0.3 is 0 Å². The van der Waals surface area contributed by atoms with E-state index in [2.05, 4.69) is 9.82 Å². The van der Waals surface area contributed by atoms with Crippen LogP contribution in [0.1, 0.15) is 37.6 Å². The Hall–Kier alpha value is -2.33. The number of hydrogen-bond acceptors (Lipinski definition) is 6. The number of nitrogens with one attached hydrogen (secondary N) is 1. The summed E-state index contributed by atoms with van der Waals surface area (Å²) >= 11 is 0. The molecular weight excluding hydrogens is 390 g/mol. The first-order valence-corrected chi connectivity index (χ1v) is 11.8. The summed E-state index contributed by atoms with van der Waals surface area (Å²) in [6, 6.07) is 9.60. The number of anilines is 1. The predicted molar refractivity (Wildman–Crippen MR) is 103 cm³/mol. The zero-order valence-corrected chi connectivity index (χ0v) is 16.6. The first kappa shape index (κ1) is 19.4. The summed E-state index contributed by atoms with van der Waals surface area (Å²) in [6.45, 7) is 3.11. The molecule has 2 aromatic rings. The van der Waals surface area contributed by atoms with E-state index in [0.29, 0.717) is 29.1 Å². The average Bonchev–Trinajstić information content (AvgIpc) is 3.31. The largest absolute Gasteiger partial charge is 0.467 e. The number of rotatable bonds is 7. The molecule has 0 saturated heterocycles. The molecule has 1 atom stereocenters. The molecule has 8 nitrogen and oxygen atoms in total. The molecule has 1 aromatic carbocycles. The second kappa shape index (κ2) is 7.35. The molecule has 10 heteroatoms. The summed E-state index contributed by atoms with van der Waals surface area (Å²) < 4.78 is 57.5. The van der Waals surface area contributed by atoms with Gasteiger partial charge in [0.25, 0.3) is 0 Å². The standard InChI is InChI=1S/C17H21N3O5S2/c1-3-26(21,22)19-14-8-5-7-13(11-14)15-12-16(17-9-6-10-25-17)20(18-15)27(23,24)4-2/h5-11,16,19H,3-4,12H2,1-2H3/t16-/m0/s1. The molecule has 3 rings (SSSR count). The van der Waals surface area contributed by atoms with Crippen molar-refractivity contribution in [2.45, 2.75) is 26.3 Å². The Morgan fingerprint density at radius 1 is 1.15 bits per heavy atom. The van der Waals surface area contributed by atoms with Gasteiger partial charge in [0.1, 0.15) is 11.8 Å². The number of hydrogen-bond donors (Lipinski definition) is 1. The lowest BCUT2D eigenvalue weighted by Gasteiger charge is -2.20. The fourth-order valence-corrected chi connectivity index (χ4v) is 4.44. The van der Waals surface area contributed by atoms with Crippen molar-refractivity contribution in [3.05, 3.63) is 54.0 Å². The van der Waals surface area contributed by atoms with Crippen molar-refractivity contribution >= 4 is 31.4 Å². The lowest BCUT2D eigenvalue weighted by molar-refractivity contribution is 0.320. The molecule has 1 N–H and O–H groups in total. The van der Waals surface area contributed by atoms with Crippen LogP contribution in [0.4, 0.5) is 5.69 Å². The number of benzene rings is 1. The molecule has 0 radical (unpaired) electrons. The second-order valence-electron chi connectivity index (χ2n) is 6.04. The first-order chi connectivity index (χ1) is 12.8. The van der Waals surface area contributed by atoms with E-state index in [0.717, 1.165) is 4.41 Å². The topological polar surface area (TPSA) is 109 Å². The maximum absolute atomic E-state index is 12.5. The zero-order valence-electron chi connectivity index (χ0n) is 15.0. The molecule has 1 aliphatic rings. The molecule has 27 heavy (non-hydrogen) atoms. The molecule has 1 aliphatic heterocycles. The molecule has 1 aromatic heterocycles. The molecule has 0 aliphatic carbocycles. The smallest absolute Gasteiger partial charge is 0.250 e. The highest BCUT2D eigenvalue weighted by molar-refractivity contribution is 7.92. The molecule has 0 spiro atoms. The number of nitrogens with zero attached hydrogens (tertiary/aromatic N) is 2. The SMILES string of the molecule is CCS(=O)(=O)Nc1cccc(C2=NN(S(=O)(=O)CC)[C@H](c3ccco3)C2)c1. The van der Waals surface area contributed by atoms with E-state index in [1.54, 1.807) is 50.2 Å². The van der Waals surface area contributed by atoms with Crippen LogP contribution in [0, 0.1) is 0 Å². The summed E-state index contributed by atoms with van der Waals surface area (Å²) in [7, 11) is -6.99. The molecule has 2 heterocycles. The van der Waals surface area contributed by atoms with Crippen LogP contribution < -0.4 is 4.72 Å². The third-order valence-electron chi connectivity index (χ3n) is 4.24. The summed E-state index contributed by atoms with van der Waals surface area (Å²) in [4.78, 5) is 0. The molecule has 0 unspecified atom stereocenters. The minimum absolute atomic E-state index is 0.0404. The van der Waals surface area contributed by atoms with Crippen molar-refractivity contribution in [1.82, 2.24) is 4.41 Å². The van der Waals surface area contributed by atoms with Crippen LogP contribution in [0.5, 0.6) is 0 Å². The maximum atomic E-state index is 12.5. The van der Waals surface area contributed by atoms with Crippen molar-refractivity contribution in [2.75, 3.05) is 16.2 Å². The van der Waals surface area contributed by atoms with E-state index in [9.17, 15) is 16.8 Å². The van der Waals surface area contributed by atoms with Crippen LogP contribution in [0.2, 0.25) is 0 Å². The van der Waals surface area contributed by atoms with Gasteiger partial charge in [-0.2, -0.15) is 9.52 Å². The van der Waals surface area contributed by atoms with Gasteiger partial charge in [0, 0.05) is 12.1 Å². The Morgan fingerprint density at radius 2 is 1.93 bits per heavy atom. The van der Waals surface area contributed by atoms with E-state index in [1.165, 1.54) is 6.26 Å². The second-order valence-corrected chi connectivity index (χ2v) is 10.2. The highest BCUT2D eigenvalue weighted by atomic mass is 32.2. The zero-order chi connectivity index (χ0) is 19.7. The first-order valence-electron chi connectivity index (χ1n) is 8.49. The minimum atomic E-state index is -3.58. The maximum Gasteiger partial charge on any atom is 0.250 e. The summed E-state index contributed by atoms with van der Waals surface area (Å²) in [5.41, 5.74) is 1.60. The molecule has 0 amide bonds. The number of sulfonamides is 2. The molecule has 0 bridgehead atoms. The highest BCUT2D eigenvalue weighted by Crippen LogP contribution is 2.35. The Kier molecular flexibility index (Phi) is 5.29.